The number of tetrazole rings is 1. The van der Waals surface area contributed by atoms with Gasteiger partial charge in [0.15, 0.2) is 5.82 Å². The van der Waals surface area contributed by atoms with Gasteiger partial charge in [0.1, 0.15) is 6.54 Å². The zero-order valence-corrected chi connectivity index (χ0v) is 13.7. The molecule has 4 rings (SSSR count). The van der Waals surface area contributed by atoms with Crippen molar-refractivity contribution in [2.45, 2.75) is 50.5 Å². The molecule has 8 heteroatoms. The van der Waals surface area contributed by atoms with Crippen molar-refractivity contribution in [3.8, 4) is 0 Å². The Bertz CT molecular complexity index is 715. The number of benzene rings is 1. The number of hydrogen-bond donors (Lipinski definition) is 0. The molecular formula is C17H20F3N5. The minimum Gasteiger partial charge on any atom is -0.292 e. The number of fused-ring (bicyclic) bond motifs is 1. The minimum absolute atomic E-state index is 0.289. The topological polar surface area (TPSA) is 46.8 Å². The highest BCUT2D eigenvalue weighted by atomic mass is 19.4. The lowest BCUT2D eigenvalue weighted by atomic mass is 9.87. The van der Waals surface area contributed by atoms with Crippen LogP contribution in [0.15, 0.2) is 30.3 Å². The molecule has 0 radical (unpaired) electrons. The first-order chi connectivity index (χ1) is 12.0. The Morgan fingerprint density at radius 3 is 2.68 bits per heavy atom. The Balaban J connectivity index is 1.53. The molecule has 1 aromatic heterocycles. The SMILES string of the molecule is FC(F)(F)Cn1nnnc1CN1CC(c2ccccc2)C2CCCC21. The first-order valence-corrected chi connectivity index (χ1v) is 8.62. The minimum atomic E-state index is -4.32. The molecule has 25 heavy (non-hydrogen) atoms. The summed E-state index contributed by atoms with van der Waals surface area (Å²) in [6.07, 6.45) is -0.886. The lowest BCUT2D eigenvalue weighted by Crippen LogP contribution is -2.31. The Hall–Kier alpha value is -1.96. The second-order valence-electron chi connectivity index (χ2n) is 6.98. The molecule has 5 nitrogen and oxygen atoms in total. The van der Waals surface area contributed by atoms with Crippen molar-refractivity contribution in [3.63, 3.8) is 0 Å². The summed E-state index contributed by atoms with van der Waals surface area (Å²) in [4.78, 5) is 2.27. The lowest BCUT2D eigenvalue weighted by Gasteiger charge is -2.22. The smallest absolute Gasteiger partial charge is 0.292 e. The molecule has 134 valence electrons. The molecular weight excluding hydrogens is 331 g/mol. The van der Waals surface area contributed by atoms with Crippen LogP contribution in [0.25, 0.3) is 0 Å². The van der Waals surface area contributed by atoms with Crippen molar-refractivity contribution in [3.05, 3.63) is 41.7 Å². The van der Waals surface area contributed by atoms with Gasteiger partial charge in [-0.3, -0.25) is 4.90 Å². The van der Waals surface area contributed by atoms with E-state index >= 15 is 0 Å². The van der Waals surface area contributed by atoms with Crippen LogP contribution in [0.5, 0.6) is 0 Å². The number of halogens is 3. The predicted octanol–water partition coefficient (Wildman–Crippen LogP) is 3.00. The van der Waals surface area contributed by atoms with Gasteiger partial charge in [0.25, 0.3) is 0 Å². The summed E-state index contributed by atoms with van der Waals surface area (Å²) < 4.78 is 38.9. The van der Waals surface area contributed by atoms with Gasteiger partial charge < -0.3 is 0 Å². The van der Waals surface area contributed by atoms with Crippen LogP contribution in [-0.2, 0) is 13.1 Å². The molecule has 2 heterocycles. The molecule has 3 unspecified atom stereocenters. The Kier molecular flexibility index (Phi) is 4.23. The summed E-state index contributed by atoms with van der Waals surface area (Å²) in [5.74, 6) is 1.28. The van der Waals surface area contributed by atoms with Crippen LogP contribution in [0.2, 0.25) is 0 Å². The van der Waals surface area contributed by atoms with E-state index in [1.807, 2.05) is 18.2 Å². The van der Waals surface area contributed by atoms with E-state index in [1.54, 1.807) is 0 Å². The third kappa shape index (κ3) is 3.40. The first kappa shape index (κ1) is 16.5. The number of rotatable bonds is 4. The van der Waals surface area contributed by atoms with Crippen molar-refractivity contribution in [2.75, 3.05) is 6.54 Å². The van der Waals surface area contributed by atoms with Gasteiger partial charge in [-0.25, -0.2) is 4.68 Å². The molecule has 0 spiro atoms. The highest BCUT2D eigenvalue weighted by Crippen LogP contribution is 2.46. The molecule has 0 N–H and O–H groups in total. The van der Waals surface area contributed by atoms with Crippen LogP contribution >= 0.6 is 0 Å². The quantitative estimate of drug-likeness (QED) is 0.850. The van der Waals surface area contributed by atoms with Gasteiger partial charge in [-0.05, 0) is 34.7 Å². The van der Waals surface area contributed by atoms with Crippen molar-refractivity contribution < 1.29 is 13.2 Å². The normalized spacial score (nSPS) is 26.9. The number of hydrogen-bond acceptors (Lipinski definition) is 4. The van der Waals surface area contributed by atoms with Gasteiger partial charge in [0, 0.05) is 18.5 Å². The number of likely N-dealkylation sites (tertiary alicyclic amines) is 1. The van der Waals surface area contributed by atoms with E-state index in [4.69, 9.17) is 0 Å². The summed E-state index contributed by atoms with van der Waals surface area (Å²) in [6, 6.07) is 10.8. The fourth-order valence-corrected chi connectivity index (χ4v) is 4.46. The molecule has 2 aliphatic rings. The Morgan fingerprint density at radius 2 is 1.92 bits per heavy atom. The van der Waals surface area contributed by atoms with E-state index in [9.17, 15) is 13.2 Å². The Morgan fingerprint density at radius 1 is 1.12 bits per heavy atom. The van der Waals surface area contributed by atoms with E-state index in [0.717, 1.165) is 17.6 Å². The van der Waals surface area contributed by atoms with Gasteiger partial charge in [0.05, 0.1) is 6.54 Å². The highest BCUT2D eigenvalue weighted by molar-refractivity contribution is 5.24. The molecule has 1 saturated carbocycles. The largest absolute Gasteiger partial charge is 0.408 e. The maximum atomic E-state index is 12.7. The second kappa shape index (κ2) is 6.40. The number of alkyl halides is 3. The monoisotopic (exact) mass is 351 g/mol. The van der Waals surface area contributed by atoms with Crippen LogP contribution in [0.1, 0.15) is 36.6 Å². The number of nitrogens with zero attached hydrogens (tertiary/aromatic N) is 5. The van der Waals surface area contributed by atoms with Crippen molar-refractivity contribution >= 4 is 0 Å². The van der Waals surface area contributed by atoms with Crippen LogP contribution in [0.4, 0.5) is 13.2 Å². The summed E-state index contributed by atoms with van der Waals surface area (Å²) in [6.45, 7) is 0.0746. The predicted molar refractivity (Wildman–Crippen MR) is 84.6 cm³/mol. The second-order valence-corrected chi connectivity index (χ2v) is 6.98. The number of aromatic nitrogens is 4. The zero-order valence-electron chi connectivity index (χ0n) is 13.7. The first-order valence-electron chi connectivity index (χ1n) is 8.62. The summed E-state index contributed by atoms with van der Waals surface area (Å²) in [5.41, 5.74) is 1.32. The molecule has 0 amide bonds. The van der Waals surface area contributed by atoms with Crippen LogP contribution in [0, 0.1) is 5.92 Å². The van der Waals surface area contributed by atoms with Crippen molar-refractivity contribution in [1.29, 1.82) is 0 Å². The zero-order chi connectivity index (χ0) is 17.4. The third-order valence-electron chi connectivity index (χ3n) is 5.46. The van der Waals surface area contributed by atoms with Crippen molar-refractivity contribution in [1.82, 2.24) is 25.1 Å². The molecule has 2 aromatic rings. The molecule has 0 bridgehead atoms. The van der Waals surface area contributed by atoms with Crippen LogP contribution in [-0.4, -0.2) is 43.9 Å². The highest BCUT2D eigenvalue weighted by Gasteiger charge is 2.45. The molecule has 2 fully saturated rings. The fraction of sp³-hybridized carbons (Fsp3) is 0.588. The van der Waals surface area contributed by atoms with Gasteiger partial charge in [-0.1, -0.05) is 36.8 Å². The molecule has 1 aliphatic heterocycles. The standard InChI is InChI=1S/C17H20F3N5/c18-17(19,20)11-25-16(21-22-23-25)10-24-9-14(12-5-2-1-3-6-12)13-7-4-8-15(13)24/h1-3,5-6,13-15H,4,7-11H2. The van der Waals surface area contributed by atoms with E-state index in [2.05, 4.69) is 32.6 Å². The molecule has 1 saturated heterocycles. The molecule has 1 aromatic carbocycles. The van der Waals surface area contributed by atoms with Crippen molar-refractivity contribution in [2.24, 2.45) is 5.92 Å². The van der Waals surface area contributed by atoms with Crippen LogP contribution < -0.4 is 0 Å². The Labute approximate surface area is 143 Å². The maximum Gasteiger partial charge on any atom is 0.408 e. The van der Waals surface area contributed by atoms with Crippen LogP contribution in [0.3, 0.4) is 0 Å². The summed E-state index contributed by atoms with van der Waals surface area (Å²) >= 11 is 0. The van der Waals surface area contributed by atoms with E-state index in [0.29, 0.717) is 24.4 Å². The fourth-order valence-electron chi connectivity index (χ4n) is 4.46. The van der Waals surface area contributed by atoms with E-state index in [1.165, 1.54) is 18.4 Å². The maximum absolute atomic E-state index is 12.7. The summed E-state index contributed by atoms with van der Waals surface area (Å²) in [7, 11) is 0. The average molecular weight is 351 g/mol. The molecule has 3 atom stereocenters. The van der Waals surface area contributed by atoms with Gasteiger partial charge in [0.2, 0.25) is 0 Å². The van der Waals surface area contributed by atoms with Gasteiger partial charge >= 0.3 is 6.18 Å². The van der Waals surface area contributed by atoms with E-state index < -0.39 is 12.7 Å². The third-order valence-corrected chi connectivity index (χ3v) is 5.46. The molecule has 1 aliphatic carbocycles. The summed E-state index contributed by atoms with van der Waals surface area (Å²) in [5, 5.41) is 10.8. The lowest BCUT2D eigenvalue weighted by molar-refractivity contribution is -0.143. The van der Waals surface area contributed by atoms with Gasteiger partial charge in [-0.15, -0.1) is 5.10 Å². The van der Waals surface area contributed by atoms with E-state index in [-0.39, 0.29) is 5.82 Å². The van der Waals surface area contributed by atoms with Gasteiger partial charge in [-0.2, -0.15) is 13.2 Å². The average Bonchev–Trinajstić information content (AvgIpc) is 3.26.